The van der Waals surface area contributed by atoms with Crippen LogP contribution in [0.5, 0.6) is 0 Å². The maximum atomic E-state index is 12.6. The fourth-order valence-electron chi connectivity index (χ4n) is 7.56. The van der Waals surface area contributed by atoms with Gasteiger partial charge >= 0.3 is 17.9 Å². The van der Waals surface area contributed by atoms with Gasteiger partial charge in [-0.15, -0.1) is 0 Å². The summed E-state index contributed by atoms with van der Waals surface area (Å²) in [6.45, 7) is 6.60. The fourth-order valence-corrected chi connectivity index (χ4v) is 7.56. The van der Waals surface area contributed by atoms with Crippen molar-refractivity contribution in [2.24, 2.45) is 0 Å². The molecule has 0 aliphatic carbocycles. The lowest BCUT2D eigenvalue weighted by molar-refractivity contribution is -0.167. The van der Waals surface area contributed by atoms with Crippen molar-refractivity contribution < 1.29 is 28.6 Å². The van der Waals surface area contributed by atoms with Gasteiger partial charge in [0.05, 0.1) is 0 Å². The Morgan fingerprint density at radius 1 is 0.286 bits per heavy atom. The van der Waals surface area contributed by atoms with Crippen LogP contribution >= 0.6 is 0 Å². The van der Waals surface area contributed by atoms with E-state index in [1.165, 1.54) is 186 Å². The minimum absolute atomic E-state index is 0.0634. The number of hydrogen-bond acceptors (Lipinski definition) is 6. The molecule has 0 aromatic carbocycles. The van der Waals surface area contributed by atoms with Crippen molar-refractivity contribution in [1.82, 2.24) is 0 Å². The van der Waals surface area contributed by atoms with Crippen molar-refractivity contribution in [3.8, 4) is 0 Å². The maximum absolute atomic E-state index is 12.6. The Bertz CT molecular complexity index is 828. The summed E-state index contributed by atoms with van der Waals surface area (Å²) >= 11 is 0. The Hall–Kier alpha value is -1.59. The van der Waals surface area contributed by atoms with Crippen molar-refractivity contribution in [2.75, 3.05) is 13.2 Å². The molecular weight excluding hydrogens is 697 g/mol. The molecule has 0 saturated heterocycles. The van der Waals surface area contributed by atoms with Crippen LogP contribution < -0.4 is 0 Å². The van der Waals surface area contributed by atoms with Crippen LogP contribution in [-0.4, -0.2) is 37.2 Å². The predicted octanol–water partition coefficient (Wildman–Crippen LogP) is 16.0. The Kier molecular flexibility index (Phi) is 44.8. The van der Waals surface area contributed by atoms with Gasteiger partial charge in [-0.2, -0.15) is 0 Å². The quantitative estimate of drug-likeness (QED) is 0.0347. The smallest absolute Gasteiger partial charge is 0.306 e. The zero-order valence-electron chi connectivity index (χ0n) is 37.9. The van der Waals surface area contributed by atoms with E-state index in [0.717, 1.165) is 57.8 Å². The molecule has 0 aliphatic rings. The first-order chi connectivity index (χ1) is 27.5. The molecule has 0 spiro atoms. The number of esters is 3. The molecule has 0 amide bonds. The number of unbranched alkanes of at least 4 members (excludes halogenated alkanes) is 35. The van der Waals surface area contributed by atoms with Gasteiger partial charge in [0.15, 0.2) is 6.10 Å². The molecule has 332 valence electrons. The molecule has 0 aliphatic heterocycles. The zero-order chi connectivity index (χ0) is 40.8. The van der Waals surface area contributed by atoms with E-state index in [2.05, 4.69) is 20.8 Å². The van der Waals surface area contributed by atoms with Gasteiger partial charge in [0.1, 0.15) is 13.2 Å². The lowest BCUT2D eigenvalue weighted by Gasteiger charge is -2.18. The number of carbonyl (C=O) groups excluding carboxylic acids is 3. The summed E-state index contributed by atoms with van der Waals surface area (Å²) in [6.07, 6.45) is 48.4. The fraction of sp³-hybridized carbons (Fsp3) is 0.940. The minimum Gasteiger partial charge on any atom is -0.462 e. The Balaban J connectivity index is 4.00. The van der Waals surface area contributed by atoms with Crippen molar-refractivity contribution in [3.05, 3.63) is 0 Å². The average molecular weight is 793 g/mol. The van der Waals surface area contributed by atoms with Crippen LogP contribution in [0.1, 0.15) is 284 Å². The van der Waals surface area contributed by atoms with Crippen LogP contribution in [0.4, 0.5) is 0 Å². The van der Waals surface area contributed by atoms with Crippen molar-refractivity contribution in [2.45, 2.75) is 290 Å². The number of rotatable bonds is 46. The summed E-state index contributed by atoms with van der Waals surface area (Å²) in [5, 5.41) is 0. The van der Waals surface area contributed by atoms with Crippen molar-refractivity contribution >= 4 is 17.9 Å². The molecule has 0 radical (unpaired) electrons. The van der Waals surface area contributed by atoms with E-state index < -0.39 is 6.10 Å². The highest BCUT2D eigenvalue weighted by Crippen LogP contribution is 2.17. The van der Waals surface area contributed by atoms with Gasteiger partial charge in [0.2, 0.25) is 0 Å². The summed E-state index contributed by atoms with van der Waals surface area (Å²) in [5.41, 5.74) is 0. The molecular formula is C50H96O6. The Morgan fingerprint density at radius 3 is 0.714 bits per heavy atom. The molecule has 0 aromatic heterocycles. The first-order valence-corrected chi connectivity index (χ1v) is 25.0. The summed E-state index contributed by atoms with van der Waals surface area (Å²) in [6, 6.07) is 0. The molecule has 0 N–H and O–H groups in total. The topological polar surface area (TPSA) is 78.9 Å². The van der Waals surface area contributed by atoms with Crippen LogP contribution in [0, 0.1) is 0 Å². The van der Waals surface area contributed by atoms with E-state index in [1.807, 2.05) is 0 Å². The van der Waals surface area contributed by atoms with E-state index in [1.54, 1.807) is 0 Å². The normalized spacial score (nSPS) is 11.8. The monoisotopic (exact) mass is 793 g/mol. The molecule has 0 aromatic rings. The van der Waals surface area contributed by atoms with E-state index >= 15 is 0 Å². The molecule has 6 nitrogen and oxygen atoms in total. The van der Waals surface area contributed by atoms with Gasteiger partial charge in [0.25, 0.3) is 0 Å². The zero-order valence-corrected chi connectivity index (χ0v) is 37.9. The number of ether oxygens (including phenoxy) is 3. The number of hydrogen-bond donors (Lipinski definition) is 0. The summed E-state index contributed by atoms with van der Waals surface area (Å²) in [7, 11) is 0. The highest BCUT2D eigenvalue weighted by molar-refractivity contribution is 5.71. The molecule has 1 unspecified atom stereocenters. The van der Waals surface area contributed by atoms with Crippen LogP contribution in [0.2, 0.25) is 0 Å². The van der Waals surface area contributed by atoms with Crippen LogP contribution in [0.25, 0.3) is 0 Å². The van der Waals surface area contributed by atoms with Crippen LogP contribution in [-0.2, 0) is 28.6 Å². The first kappa shape index (κ1) is 54.4. The van der Waals surface area contributed by atoms with Gasteiger partial charge in [-0.25, -0.2) is 0 Å². The Morgan fingerprint density at radius 2 is 0.482 bits per heavy atom. The lowest BCUT2D eigenvalue weighted by Crippen LogP contribution is -2.30. The third-order valence-electron chi connectivity index (χ3n) is 11.4. The highest BCUT2D eigenvalue weighted by Gasteiger charge is 2.19. The standard InChI is InChI=1S/C50H96O6/c1-4-7-10-13-16-18-19-20-21-22-23-24-25-26-27-28-29-30-31-32-35-37-40-43-49(52)55-46-47(45-54-48(51)42-39-36-33-15-12-9-6-3)56-50(53)44-41-38-34-17-14-11-8-5-2/h47H,4-46H2,1-3H3. The molecule has 0 heterocycles. The highest BCUT2D eigenvalue weighted by atomic mass is 16.6. The third kappa shape index (κ3) is 43.5. The maximum Gasteiger partial charge on any atom is 0.306 e. The van der Waals surface area contributed by atoms with E-state index in [-0.39, 0.29) is 31.1 Å². The predicted molar refractivity (Wildman–Crippen MR) is 238 cm³/mol. The summed E-state index contributed by atoms with van der Waals surface area (Å²) in [5.74, 6) is -0.860. The van der Waals surface area contributed by atoms with Gasteiger partial charge in [-0.3, -0.25) is 14.4 Å². The second-order valence-corrected chi connectivity index (χ2v) is 17.1. The largest absolute Gasteiger partial charge is 0.462 e. The van der Waals surface area contributed by atoms with Crippen molar-refractivity contribution in [1.29, 1.82) is 0 Å². The average Bonchev–Trinajstić information content (AvgIpc) is 3.19. The van der Waals surface area contributed by atoms with Gasteiger partial charge in [-0.05, 0) is 19.3 Å². The molecule has 1 atom stereocenters. The SMILES string of the molecule is CCCCCCCCCCCCCCCCCCCCCCCCCC(=O)OCC(COC(=O)CCCCCCCCC)OC(=O)CCCCCCCCCC. The molecule has 6 heteroatoms. The van der Waals surface area contributed by atoms with E-state index in [0.29, 0.717) is 19.3 Å². The van der Waals surface area contributed by atoms with E-state index in [4.69, 9.17) is 14.2 Å². The van der Waals surface area contributed by atoms with E-state index in [9.17, 15) is 14.4 Å². The second-order valence-electron chi connectivity index (χ2n) is 17.1. The molecule has 0 fully saturated rings. The van der Waals surface area contributed by atoms with Crippen LogP contribution in [0.3, 0.4) is 0 Å². The van der Waals surface area contributed by atoms with Crippen LogP contribution in [0.15, 0.2) is 0 Å². The molecule has 56 heavy (non-hydrogen) atoms. The van der Waals surface area contributed by atoms with Gasteiger partial charge in [0, 0.05) is 19.3 Å². The lowest BCUT2D eigenvalue weighted by atomic mass is 10.0. The molecule has 0 saturated carbocycles. The third-order valence-corrected chi connectivity index (χ3v) is 11.4. The summed E-state index contributed by atoms with van der Waals surface area (Å²) < 4.78 is 16.6. The molecule has 0 bridgehead atoms. The van der Waals surface area contributed by atoms with Gasteiger partial charge in [-0.1, -0.05) is 245 Å². The minimum atomic E-state index is -0.757. The first-order valence-electron chi connectivity index (χ1n) is 25.0. The number of carbonyl (C=O) groups is 3. The molecule has 0 rings (SSSR count). The Labute approximate surface area is 348 Å². The summed E-state index contributed by atoms with van der Waals surface area (Å²) in [4.78, 5) is 37.5. The van der Waals surface area contributed by atoms with Gasteiger partial charge < -0.3 is 14.2 Å². The second kappa shape index (κ2) is 46.1. The van der Waals surface area contributed by atoms with Crippen molar-refractivity contribution in [3.63, 3.8) is 0 Å².